The van der Waals surface area contributed by atoms with Gasteiger partial charge in [0.25, 0.3) is 5.91 Å². The van der Waals surface area contributed by atoms with Crippen LogP contribution in [0.4, 0.5) is 5.82 Å². The van der Waals surface area contributed by atoms with E-state index in [1.165, 1.54) is 6.42 Å². The third-order valence-corrected chi connectivity index (χ3v) is 3.20. The fourth-order valence-electron chi connectivity index (χ4n) is 2.04. The lowest BCUT2D eigenvalue weighted by atomic mass is 9.94. The monoisotopic (exact) mass is 224 g/mol. The summed E-state index contributed by atoms with van der Waals surface area (Å²) in [6.07, 6.45) is 3.27. The van der Waals surface area contributed by atoms with Gasteiger partial charge in [0, 0.05) is 13.1 Å². The van der Waals surface area contributed by atoms with Gasteiger partial charge in [0.15, 0.2) is 0 Å². The highest BCUT2D eigenvalue weighted by molar-refractivity contribution is 5.96. The minimum atomic E-state index is -0.173. The predicted molar refractivity (Wildman–Crippen MR) is 57.6 cm³/mol. The molecule has 0 aromatic carbocycles. The second-order valence-electron chi connectivity index (χ2n) is 4.14. The number of hydrogen-bond acceptors (Lipinski definition) is 5. The van der Waals surface area contributed by atoms with Gasteiger partial charge in [-0.25, -0.2) is 4.63 Å². The van der Waals surface area contributed by atoms with Gasteiger partial charge in [-0.2, -0.15) is 0 Å². The number of rotatable bonds is 2. The topological polar surface area (TPSA) is 85.2 Å². The average Bonchev–Trinajstić information content (AvgIpc) is 2.75. The maximum absolute atomic E-state index is 12.0. The summed E-state index contributed by atoms with van der Waals surface area (Å²) in [7, 11) is 0. The largest absolute Gasteiger partial charge is 0.379 e. The fraction of sp³-hybridized carbons (Fsp3) is 0.700. The molecule has 0 atom stereocenters. The number of amides is 1. The number of aromatic nitrogens is 2. The molecule has 0 saturated carbocycles. The summed E-state index contributed by atoms with van der Waals surface area (Å²) in [4.78, 5) is 13.7. The van der Waals surface area contributed by atoms with Crippen molar-refractivity contribution in [2.24, 2.45) is 5.92 Å². The number of carbonyl (C=O) groups is 1. The van der Waals surface area contributed by atoms with E-state index in [4.69, 9.17) is 5.73 Å². The van der Waals surface area contributed by atoms with E-state index in [0.717, 1.165) is 31.8 Å². The number of nitrogens with two attached hydrogens (primary N) is 1. The number of carbonyl (C=O) groups excluding carboxylic acids is 1. The lowest BCUT2D eigenvalue weighted by Gasteiger charge is -2.30. The molecule has 0 aliphatic carbocycles. The third-order valence-electron chi connectivity index (χ3n) is 3.20. The molecule has 1 fully saturated rings. The van der Waals surface area contributed by atoms with Gasteiger partial charge < -0.3 is 10.6 Å². The van der Waals surface area contributed by atoms with Crippen molar-refractivity contribution in [3.63, 3.8) is 0 Å². The molecule has 2 heterocycles. The van der Waals surface area contributed by atoms with Crippen LogP contribution in [0.3, 0.4) is 0 Å². The second kappa shape index (κ2) is 4.51. The Bertz CT molecular complexity index is 369. The maximum atomic E-state index is 12.0. The van der Waals surface area contributed by atoms with Crippen LogP contribution in [0.1, 0.15) is 36.7 Å². The standard InChI is InChI=1S/C10H16N4O2/c1-2-7-3-5-14(6-4-7)10(15)8-9(11)13-16-12-8/h7H,2-6H2,1H3,(H2,11,13). The van der Waals surface area contributed by atoms with Gasteiger partial charge in [0.2, 0.25) is 11.5 Å². The summed E-state index contributed by atoms with van der Waals surface area (Å²) in [6.45, 7) is 3.72. The number of nitrogen functional groups attached to an aromatic ring is 1. The van der Waals surface area contributed by atoms with Gasteiger partial charge in [0.05, 0.1) is 0 Å². The Hall–Kier alpha value is -1.59. The van der Waals surface area contributed by atoms with Crippen molar-refractivity contribution in [3.8, 4) is 0 Å². The van der Waals surface area contributed by atoms with Gasteiger partial charge in [-0.3, -0.25) is 4.79 Å². The van der Waals surface area contributed by atoms with Gasteiger partial charge in [0.1, 0.15) is 0 Å². The van der Waals surface area contributed by atoms with Crippen LogP contribution in [0.15, 0.2) is 4.63 Å². The average molecular weight is 224 g/mol. The van der Waals surface area contributed by atoms with Crippen LogP contribution in [-0.2, 0) is 0 Å². The molecule has 1 aromatic heterocycles. The summed E-state index contributed by atoms with van der Waals surface area (Å²) < 4.78 is 4.43. The molecule has 0 radical (unpaired) electrons. The molecular weight excluding hydrogens is 208 g/mol. The molecule has 0 spiro atoms. The first-order valence-electron chi connectivity index (χ1n) is 5.59. The molecule has 2 N–H and O–H groups in total. The van der Waals surface area contributed by atoms with E-state index in [2.05, 4.69) is 21.9 Å². The van der Waals surface area contributed by atoms with Crippen molar-refractivity contribution in [3.05, 3.63) is 5.69 Å². The van der Waals surface area contributed by atoms with E-state index in [9.17, 15) is 4.79 Å². The van der Waals surface area contributed by atoms with Crippen LogP contribution in [0, 0.1) is 5.92 Å². The Morgan fingerprint density at radius 1 is 1.50 bits per heavy atom. The van der Waals surface area contributed by atoms with Gasteiger partial charge in [-0.15, -0.1) is 0 Å². The number of piperidine rings is 1. The van der Waals surface area contributed by atoms with E-state index in [1.54, 1.807) is 4.90 Å². The zero-order valence-corrected chi connectivity index (χ0v) is 9.35. The van der Waals surface area contributed by atoms with Crippen molar-refractivity contribution in [2.45, 2.75) is 26.2 Å². The van der Waals surface area contributed by atoms with Crippen molar-refractivity contribution in [1.82, 2.24) is 15.2 Å². The molecule has 1 aliphatic heterocycles. The van der Waals surface area contributed by atoms with E-state index < -0.39 is 0 Å². The van der Waals surface area contributed by atoms with Crippen molar-refractivity contribution in [2.75, 3.05) is 18.8 Å². The number of likely N-dealkylation sites (tertiary alicyclic amines) is 1. The summed E-state index contributed by atoms with van der Waals surface area (Å²) in [6, 6.07) is 0. The molecule has 16 heavy (non-hydrogen) atoms. The Balaban J connectivity index is 2.00. The first-order chi connectivity index (χ1) is 7.72. The predicted octanol–water partition coefficient (Wildman–Crippen LogP) is 0.914. The second-order valence-corrected chi connectivity index (χ2v) is 4.14. The van der Waals surface area contributed by atoms with Crippen molar-refractivity contribution >= 4 is 11.7 Å². The summed E-state index contributed by atoms with van der Waals surface area (Å²) in [5.41, 5.74) is 5.62. The molecule has 1 aromatic rings. The molecule has 2 rings (SSSR count). The van der Waals surface area contributed by atoms with E-state index >= 15 is 0 Å². The van der Waals surface area contributed by atoms with E-state index in [1.807, 2.05) is 0 Å². The zero-order chi connectivity index (χ0) is 11.5. The Morgan fingerprint density at radius 3 is 2.69 bits per heavy atom. The van der Waals surface area contributed by atoms with Crippen molar-refractivity contribution in [1.29, 1.82) is 0 Å². The Kier molecular flexibility index (Phi) is 3.07. The lowest BCUT2D eigenvalue weighted by Crippen LogP contribution is -2.38. The normalized spacial score (nSPS) is 17.7. The molecule has 0 bridgehead atoms. The first-order valence-corrected chi connectivity index (χ1v) is 5.59. The summed E-state index contributed by atoms with van der Waals surface area (Å²) in [5.74, 6) is 0.632. The number of anilines is 1. The van der Waals surface area contributed by atoms with Crippen LogP contribution < -0.4 is 5.73 Å². The van der Waals surface area contributed by atoms with Crippen molar-refractivity contribution < 1.29 is 9.42 Å². The van der Waals surface area contributed by atoms with E-state index in [-0.39, 0.29) is 17.4 Å². The first kappa shape index (κ1) is 10.9. The quantitative estimate of drug-likeness (QED) is 0.807. The van der Waals surface area contributed by atoms with Gasteiger partial charge in [-0.1, -0.05) is 13.3 Å². The summed E-state index contributed by atoms with van der Waals surface area (Å²) >= 11 is 0. The molecule has 1 saturated heterocycles. The van der Waals surface area contributed by atoms with E-state index in [0.29, 0.717) is 0 Å². The molecule has 1 aliphatic rings. The minimum Gasteiger partial charge on any atom is -0.379 e. The summed E-state index contributed by atoms with van der Waals surface area (Å²) in [5, 5.41) is 6.94. The lowest BCUT2D eigenvalue weighted by molar-refractivity contribution is 0.0678. The van der Waals surface area contributed by atoms with Crippen LogP contribution in [0.25, 0.3) is 0 Å². The highest BCUT2D eigenvalue weighted by Gasteiger charge is 2.26. The molecule has 1 amide bonds. The number of nitrogens with zero attached hydrogens (tertiary/aromatic N) is 3. The highest BCUT2D eigenvalue weighted by atomic mass is 16.6. The van der Waals surface area contributed by atoms with Gasteiger partial charge in [-0.05, 0) is 29.1 Å². The SMILES string of the molecule is CCC1CCN(C(=O)c2nonc2N)CC1. The molecule has 6 nitrogen and oxygen atoms in total. The highest BCUT2D eigenvalue weighted by Crippen LogP contribution is 2.21. The zero-order valence-electron chi connectivity index (χ0n) is 9.35. The molecule has 6 heteroatoms. The smallest absolute Gasteiger partial charge is 0.280 e. The van der Waals surface area contributed by atoms with Crippen LogP contribution in [0.5, 0.6) is 0 Å². The Labute approximate surface area is 93.7 Å². The minimum absolute atomic E-state index is 0.0719. The molecule has 0 unspecified atom stereocenters. The maximum Gasteiger partial charge on any atom is 0.280 e. The van der Waals surface area contributed by atoms with Crippen LogP contribution >= 0.6 is 0 Å². The molecule has 88 valence electrons. The van der Waals surface area contributed by atoms with Gasteiger partial charge >= 0.3 is 0 Å². The number of hydrogen-bond donors (Lipinski definition) is 1. The van der Waals surface area contributed by atoms with Crippen LogP contribution in [-0.4, -0.2) is 34.2 Å². The van der Waals surface area contributed by atoms with Crippen LogP contribution in [0.2, 0.25) is 0 Å². The molecular formula is C10H16N4O2. The Morgan fingerprint density at radius 2 is 2.19 bits per heavy atom. The fourth-order valence-corrected chi connectivity index (χ4v) is 2.04. The third kappa shape index (κ3) is 2.00.